The molecule has 3 aromatic heterocycles. The van der Waals surface area contributed by atoms with Gasteiger partial charge in [0.2, 0.25) is 11.6 Å². The average molecular weight is 219 g/mol. The number of hydrogen-bond acceptors (Lipinski definition) is 10. The summed E-state index contributed by atoms with van der Waals surface area (Å²) in [5, 5.41) is 25.0. The van der Waals surface area contributed by atoms with Crippen LogP contribution in [0.25, 0.3) is 22.8 Å². The zero-order valence-corrected chi connectivity index (χ0v) is 7.41. The molecule has 1 aliphatic rings. The molecule has 0 atom stereocenters. The van der Waals surface area contributed by atoms with E-state index in [9.17, 15) is 0 Å². The third kappa shape index (κ3) is 0.762. The van der Waals surface area contributed by atoms with Crippen LogP contribution in [-0.4, -0.2) is 30.9 Å². The minimum atomic E-state index is 0.353. The highest BCUT2D eigenvalue weighted by Crippen LogP contribution is 2.38. The van der Waals surface area contributed by atoms with Crippen LogP contribution in [-0.2, 0) is 0 Å². The molecule has 0 unspecified atom stereocenters. The lowest BCUT2D eigenvalue weighted by atomic mass is 10.2. The fraction of sp³-hybridized carbons (Fsp3) is 0. The molecule has 10 heteroatoms. The predicted molar refractivity (Wildman–Crippen MR) is 44.2 cm³/mol. The van der Waals surface area contributed by atoms with Gasteiger partial charge in [0.25, 0.3) is 0 Å². The molecule has 0 aromatic carbocycles. The molecule has 0 radical (unpaired) electrons. The molecule has 0 saturated heterocycles. The van der Waals surface area contributed by atoms with E-state index < -0.39 is 0 Å². The van der Waals surface area contributed by atoms with Crippen LogP contribution in [0, 0.1) is 0 Å². The highest BCUT2D eigenvalue weighted by Gasteiger charge is 2.31. The Balaban J connectivity index is 2.14. The Bertz CT molecular complexity index is 612. The second kappa shape index (κ2) is 2.42. The summed E-state index contributed by atoms with van der Waals surface area (Å²) < 4.78 is 13.8. The Morgan fingerprint density at radius 3 is 1.56 bits per heavy atom. The molecule has 0 fully saturated rings. The summed E-state index contributed by atoms with van der Waals surface area (Å²) in [5.74, 6) is 0.706. The number of nitrogens with one attached hydrogen (secondary N) is 1. The van der Waals surface area contributed by atoms with Gasteiger partial charge in [-0.25, -0.2) is 13.9 Å². The van der Waals surface area contributed by atoms with Gasteiger partial charge in [0.05, 0.1) is 0 Å². The van der Waals surface area contributed by atoms with Crippen LogP contribution in [0.3, 0.4) is 0 Å². The van der Waals surface area contributed by atoms with E-state index in [2.05, 4.69) is 50.1 Å². The first-order chi connectivity index (χ1) is 7.93. The van der Waals surface area contributed by atoms with Crippen molar-refractivity contribution in [1.82, 2.24) is 30.9 Å². The van der Waals surface area contributed by atoms with Gasteiger partial charge in [-0.2, -0.15) is 0 Å². The molecule has 0 spiro atoms. The van der Waals surface area contributed by atoms with Crippen LogP contribution in [0.5, 0.6) is 0 Å². The molecule has 16 heavy (non-hydrogen) atoms. The number of hydrogen-bond donors (Lipinski definition) is 1. The molecule has 1 aliphatic heterocycles. The lowest BCUT2D eigenvalue weighted by Gasteiger charge is -1.92. The van der Waals surface area contributed by atoms with Gasteiger partial charge in [-0.3, -0.25) is 0 Å². The minimum absolute atomic E-state index is 0.353. The first-order valence-electron chi connectivity index (χ1n) is 4.19. The highest BCUT2D eigenvalue weighted by molar-refractivity contribution is 5.88. The Kier molecular flexibility index (Phi) is 1.13. The molecule has 1 N–H and O–H groups in total. The maximum absolute atomic E-state index is 4.63. The highest BCUT2D eigenvalue weighted by atomic mass is 16.6. The van der Waals surface area contributed by atoms with Crippen molar-refractivity contribution >= 4 is 11.6 Å². The zero-order valence-electron chi connectivity index (χ0n) is 7.41. The van der Waals surface area contributed by atoms with E-state index in [1.807, 2.05) is 0 Å². The van der Waals surface area contributed by atoms with E-state index >= 15 is 0 Å². The summed E-state index contributed by atoms with van der Waals surface area (Å²) in [6.07, 6.45) is 0. The average Bonchev–Trinajstić information content (AvgIpc) is 2.97. The van der Waals surface area contributed by atoms with Gasteiger partial charge in [-0.15, -0.1) is 0 Å². The van der Waals surface area contributed by atoms with E-state index in [0.29, 0.717) is 34.4 Å². The summed E-state index contributed by atoms with van der Waals surface area (Å²) in [4.78, 5) is 0. The van der Waals surface area contributed by atoms with Crippen molar-refractivity contribution in [2.75, 3.05) is 5.32 Å². The summed E-state index contributed by atoms with van der Waals surface area (Å²) in [6.45, 7) is 0. The van der Waals surface area contributed by atoms with Crippen molar-refractivity contribution in [2.24, 2.45) is 0 Å². The lowest BCUT2D eigenvalue weighted by Crippen LogP contribution is -1.91. The summed E-state index contributed by atoms with van der Waals surface area (Å²) in [7, 11) is 0. The maximum Gasteiger partial charge on any atom is 0.206 e. The first kappa shape index (κ1) is 7.50. The smallest absolute Gasteiger partial charge is 0.206 e. The molecule has 0 saturated carbocycles. The predicted octanol–water partition coefficient (Wildman–Crippen LogP) is 0.227. The zero-order chi connectivity index (χ0) is 10.5. The normalized spacial score (nSPS) is 12.2. The van der Waals surface area contributed by atoms with Crippen molar-refractivity contribution < 1.29 is 13.9 Å². The third-order valence-corrected chi connectivity index (χ3v) is 2.15. The van der Waals surface area contributed by atoms with Crippen LogP contribution in [0.1, 0.15) is 0 Å². The molecule has 3 aromatic rings. The van der Waals surface area contributed by atoms with E-state index in [-0.39, 0.29) is 0 Å². The standard InChI is InChI=1S/C6HN7O3/c7-5-3(10-15-12-5)1-2(9-14-8-1)4-6(7)13-16-11-4/h(H,7,12,13). The molecule has 4 heterocycles. The van der Waals surface area contributed by atoms with Crippen LogP contribution in [0.4, 0.5) is 11.6 Å². The van der Waals surface area contributed by atoms with E-state index in [4.69, 9.17) is 0 Å². The van der Waals surface area contributed by atoms with Crippen LogP contribution < -0.4 is 5.32 Å². The SMILES string of the molecule is n1onc2c1Nc1nonc1-c1nonc1-2. The molecule has 0 aliphatic carbocycles. The second-order valence-electron chi connectivity index (χ2n) is 3.01. The summed E-state index contributed by atoms with van der Waals surface area (Å²) >= 11 is 0. The van der Waals surface area contributed by atoms with Gasteiger partial charge in [0, 0.05) is 0 Å². The minimum Gasteiger partial charge on any atom is -0.315 e. The molecule has 4 rings (SSSR count). The van der Waals surface area contributed by atoms with Crippen LogP contribution in [0.2, 0.25) is 0 Å². The van der Waals surface area contributed by atoms with E-state index in [0.717, 1.165) is 0 Å². The van der Waals surface area contributed by atoms with Gasteiger partial charge in [0.1, 0.15) is 0 Å². The number of aromatic nitrogens is 6. The van der Waals surface area contributed by atoms with Gasteiger partial charge < -0.3 is 5.32 Å². The maximum atomic E-state index is 4.63. The second-order valence-corrected chi connectivity index (χ2v) is 3.01. The molecular formula is C6HN7O3. The molecule has 10 nitrogen and oxygen atoms in total. The van der Waals surface area contributed by atoms with E-state index in [1.54, 1.807) is 0 Å². The summed E-state index contributed by atoms with van der Waals surface area (Å²) in [6, 6.07) is 0. The van der Waals surface area contributed by atoms with Crippen LogP contribution >= 0.6 is 0 Å². The number of rotatable bonds is 0. The topological polar surface area (TPSA) is 129 Å². The molecular weight excluding hydrogens is 218 g/mol. The van der Waals surface area contributed by atoms with Gasteiger partial charge in [0.15, 0.2) is 22.8 Å². The monoisotopic (exact) mass is 219 g/mol. The van der Waals surface area contributed by atoms with Crippen molar-refractivity contribution in [3.8, 4) is 22.8 Å². The Hall–Kier alpha value is -2.78. The van der Waals surface area contributed by atoms with Crippen LogP contribution in [0.15, 0.2) is 13.9 Å². The first-order valence-corrected chi connectivity index (χ1v) is 4.19. The number of nitrogens with zero attached hydrogens (tertiary/aromatic N) is 6. The number of anilines is 2. The van der Waals surface area contributed by atoms with Crippen molar-refractivity contribution in [3.05, 3.63) is 0 Å². The largest absolute Gasteiger partial charge is 0.315 e. The summed E-state index contributed by atoms with van der Waals surface area (Å²) in [5.41, 5.74) is 1.52. The fourth-order valence-electron chi connectivity index (χ4n) is 1.46. The molecule has 0 bridgehead atoms. The van der Waals surface area contributed by atoms with Crippen molar-refractivity contribution in [2.45, 2.75) is 0 Å². The quantitative estimate of drug-likeness (QED) is 0.438. The Morgan fingerprint density at radius 1 is 0.562 bits per heavy atom. The van der Waals surface area contributed by atoms with Crippen molar-refractivity contribution in [1.29, 1.82) is 0 Å². The van der Waals surface area contributed by atoms with Crippen molar-refractivity contribution in [3.63, 3.8) is 0 Å². The van der Waals surface area contributed by atoms with E-state index in [1.165, 1.54) is 0 Å². The Morgan fingerprint density at radius 2 is 1.00 bits per heavy atom. The van der Waals surface area contributed by atoms with Gasteiger partial charge in [-0.05, 0) is 30.9 Å². The fourth-order valence-corrected chi connectivity index (χ4v) is 1.46. The van der Waals surface area contributed by atoms with Gasteiger partial charge >= 0.3 is 0 Å². The third-order valence-electron chi connectivity index (χ3n) is 2.15. The molecule has 78 valence electrons. The number of fused-ring (bicyclic) bond motifs is 5. The lowest BCUT2D eigenvalue weighted by molar-refractivity contribution is 0.302. The Labute approximate surface area is 85.5 Å². The molecule has 0 amide bonds. The van der Waals surface area contributed by atoms with Gasteiger partial charge in [-0.1, -0.05) is 0 Å².